The first-order chi connectivity index (χ1) is 11.1. The van der Waals surface area contributed by atoms with Gasteiger partial charge in [0.2, 0.25) is 0 Å². The zero-order chi connectivity index (χ0) is 16.7. The third-order valence-electron chi connectivity index (χ3n) is 4.27. The summed E-state index contributed by atoms with van der Waals surface area (Å²) < 4.78 is 0. The molecule has 0 aliphatic carbocycles. The molecule has 23 heavy (non-hydrogen) atoms. The molecule has 0 aliphatic heterocycles. The smallest absolute Gasteiger partial charge is 0.0584 e. The van der Waals surface area contributed by atoms with Gasteiger partial charge >= 0.3 is 0 Å². The third kappa shape index (κ3) is 5.31. The number of hydrogen-bond donors (Lipinski definition) is 3. The van der Waals surface area contributed by atoms with Crippen LogP contribution in [0.15, 0.2) is 42.5 Å². The van der Waals surface area contributed by atoms with E-state index in [1.54, 1.807) is 0 Å². The van der Waals surface area contributed by atoms with Crippen molar-refractivity contribution in [3.63, 3.8) is 0 Å². The van der Waals surface area contributed by atoms with Crippen molar-refractivity contribution in [3.05, 3.63) is 48.0 Å². The predicted molar refractivity (Wildman–Crippen MR) is 98.7 cm³/mol. The monoisotopic (exact) mass is 314 g/mol. The Bertz CT molecular complexity index is 592. The molecule has 0 saturated carbocycles. The van der Waals surface area contributed by atoms with Crippen molar-refractivity contribution in [1.82, 2.24) is 10.6 Å². The molecule has 3 heteroatoms. The maximum Gasteiger partial charge on any atom is 0.0584 e. The van der Waals surface area contributed by atoms with Gasteiger partial charge in [-0.1, -0.05) is 56.3 Å². The minimum Gasteiger partial charge on any atom is -0.395 e. The third-order valence-corrected chi connectivity index (χ3v) is 4.27. The van der Waals surface area contributed by atoms with Gasteiger partial charge in [-0.05, 0) is 35.6 Å². The Kier molecular flexibility index (Phi) is 7.03. The Hall–Kier alpha value is -1.42. The van der Waals surface area contributed by atoms with E-state index >= 15 is 0 Å². The van der Waals surface area contributed by atoms with Crippen LogP contribution in [0.2, 0.25) is 0 Å². The van der Waals surface area contributed by atoms with Crippen LogP contribution in [0.3, 0.4) is 0 Å². The standard InChI is InChI=1S/C20H30N2O/c1-15(2)13-18(14-23)22-12-11-21-16(3)19-10-6-8-17-7-4-5-9-20(17)19/h4-10,15-16,18,21-23H,11-14H2,1-3H3/t16-,18-/m0/s1. The topological polar surface area (TPSA) is 44.3 Å². The molecule has 126 valence electrons. The fourth-order valence-electron chi connectivity index (χ4n) is 3.09. The summed E-state index contributed by atoms with van der Waals surface area (Å²) in [5.41, 5.74) is 1.34. The Labute approximate surface area is 140 Å². The maximum absolute atomic E-state index is 9.40. The van der Waals surface area contributed by atoms with Crippen LogP contribution in [-0.2, 0) is 0 Å². The van der Waals surface area contributed by atoms with Gasteiger partial charge in [0.25, 0.3) is 0 Å². The fourth-order valence-corrected chi connectivity index (χ4v) is 3.09. The van der Waals surface area contributed by atoms with Crippen LogP contribution in [-0.4, -0.2) is 30.8 Å². The normalized spacial score (nSPS) is 14.3. The van der Waals surface area contributed by atoms with E-state index in [4.69, 9.17) is 0 Å². The average Bonchev–Trinajstić information content (AvgIpc) is 2.56. The average molecular weight is 314 g/mol. The number of rotatable bonds is 9. The van der Waals surface area contributed by atoms with Crippen molar-refractivity contribution < 1.29 is 5.11 Å². The molecule has 0 unspecified atom stereocenters. The summed E-state index contributed by atoms with van der Waals surface area (Å²) >= 11 is 0. The lowest BCUT2D eigenvalue weighted by Crippen LogP contribution is -2.38. The molecule has 0 spiro atoms. The zero-order valence-corrected chi connectivity index (χ0v) is 14.5. The van der Waals surface area contributed by atoms with Crippen LogP contribution >= 0.6 is 0 Å². The van der Waals surface area contributed by atoms with E-state index in [2.05, 4.69) is 73.9 Å². The SMILES string of the molecule is CC(C)C[C@@H](CO)NCCN[C@@H](C)c1cccc2ccccc12. The summed E-state index contributed by atoms with van der Waals surface area (Å²) in [6.45, 7) is 8.54. The molecule has 0 saturated heterocycles. The minimum atomic E-state index is 0.199. The minimum absolute atomic E-state index is 0.199. The largest absolute Gasteiger partial charge is 0.395 e. The molecule has 2 rings (SSSR count). The first-order valence-electron chi connectivity index (χ1n) is 8.67. The Balaban J connectivity index is 1.86. The van der Waals surface area contributed by atoms with Gasteiger partial charge in [-0.3, -0.25) is 0 Å². The molecule has 0 heterocycles. The van der Waals surface area contributed by atoms with Gasteiger partial charge in [0.15, 0.2) is 0 Å². The van der Waals surface area contributed by atoms with Crippen LogP contribution in [0.25, 0.3) is 10.8 Å². The second-order valence-electron chi connectivity index (χ2n) is 6.71. The van der Waals surface area contributed by atoms with Crippen LogP contribution in [0, 0.1) is 5.92 Å². The Morgan fingerprint density at radius 1 is 0.913 bits per heavy atom. The van der Waals surface area contributed by atoms with Crippen molar-refractivity contribution in [2.45, 2.75) is 39.3 Å². The van der Waals surface area contributed by atoms with Crippen molar-refractivity contribution in [3.8, 4) is 0 Å². The number of aliphatic hydroxyl groups excluding tert-OH is 1. The Morgan fingerprint density at radius 2 is 1.61 bits per heavy atom. The van der Waals surface area contributed by atoms with Crippen LogP contribution in [0.5, 0.6) is 0 Å². The van der Waals surface area contributed by atoms with Gasteiger partial charge in [0, 0.05) is 25.2 Å². The molecule has 0 aromatic heterocycles. The van der Waals surface area contributed by atoms with Gasteiger partial charge in [0.05, 0.1) is 6.61 Å². The second-order valence-corrected chi connectivity index (χ2v) is 6.71. The molecule has 2 atom stereocenters. The number of hydrogen-bond acceptors (Lipinski definition) is 3. The van der Waals surface area contributed by atoms with E-state index in [9.17, 15) is 5.11 Å². The maximum atomic E-state index is 9.40. The molecule has 2 aromatic carbocycles. The molecule has 0 radical (unpaired) electrons. The lowest BCUT2D eigenvalue weighted by molar-refractivity contribution is 0.224. The van der Waals surface area contributed by atoms with E-state index in [1.807, 2.05) is 0 Å². The highest BCUT2D eigenvalue weighted by molar-refractivity contribution is 5.86. The lowest BCUT2D eigenvalue weighted by Gasteiger charge is -2.20. The van der Waals surface area contributed by atoms with Gasteiger partial charge in [-0.2, -0.15) is 0 Å². The second kappa shape index (κ2) is 9.02. The van der Waals surface area contributed by atoms with Crippen molar-refractivity contribution in [2.75, 3.05) is 19.7 Å². The summed E-state index contributed by atoms with van der Waals surface area (Å²) in [6.07, 6.45) is 1.01. The van der Waals surface area contributed by atoms with Crippen LogP contribution < -0.4 is 10.6 Å². The molecule has 0 fully saturated rings. The number of fused-ring (bicyclic) bond motifs is 1. The van der Waals surface area contributed by atoms with Crippen molar-refractivity contribution >= 4 is 10.8 Å². The van der Waals surface area contributed by atoms with Crippen molar-refractivity contribution in [2.24, 2.45) is 5.92 Å². The number of aliphatic hydroxyl groups is 1. The quantitative estimate of drug-likeness (QED) is 0.621. The van der Waals surface area contributed by atoms with Crippen LogP contribution in [0.4, 0.5) is 0 Å². The van der Waals surface area contributed by atoms with Gasteiger partial charge in [-0.25, -0.2) is 0 Å². The fraction of sp³-hybridized carbons (Fsp3) is 0.500. The molecular weight excluding hydrogens is 284 g/mol. The molecule has 0 amide bonds. The highest BCUT2D eigenvalue weighted by Gasteiger charge is 2.10. The Morgan fingerprint density at radius 3 is 2.35 bits per heavy atom. The van der Waals surface area contributed by atoms with E-state index in [-0.39, 0.29) is 12.6 Å². The van der Waals surface area contributed by atoms with Gasteiger partial charge in [-0.15, -0.1) is 0 Å². The number of benzene rings is 2. The highest BCUT2D eigenvalue weighted by Crippen LogP contribution is 2.23. The van der Waals surface area contributed by atoms with E-state index in [0.29, 0.717) is 12.0 Å². The number of nitrogens with one attached hydrogen (secondary N) is 2. The summed E-state index contributed by atoms with van der Waals surface area (Å²) in [7, 11) is 0. The first-order valence-corrected chi connectivity index (χ1v) is 8.67. The van der Waals surface area contributed by atoms with Crippen LogP contribution in [0.1, 0.15) is 38.8 Å². The molecular formula is C20H30N2O. The summed E-state index contributed by atoms with van der Waals surface area (Å²) in [5, 5.41) is 19.0. The predicted octanol–water partition coefficient (Wildman–Crippen LogP) is 3.49. The zero-order valence-electron chi connectivity index (χ0n) is 14.5. The van der Waals surface area contributed by atoms with Gasteiger partial charge < -0.3 is 15.7 Å². The molecule has 3 N–H and O–H groups in total. The molecule has 0 aliphatic rings. The molecule has 0 bridgehead atoms. The van der Waals surface area contributed by atoms with E-state index in [1.165, 1.54) is 16.3 Å². The van der Waals surface area contributed by atoms with Crippen molar-refractivity contribution in [1.29, 1.82) is 0 Å². The van der Waals surface area contributed by atoms with E-state index in [0.717, 1.165) is 19.5 Å². The summed E-state index contributed by atoms with van der Waals surface area (Å²) in [6, 6.07) is 15.5. The van der Waals surface area contributed by atoms with E-state index < -0.39 is 0 Å². The highest BCUT2D eigenvalue weighted by atomic mass is 16.3. The molecule has 3 nitrogen and oxygen atoms in total. The summed E-state index contributed by atoms with van der Waals surface area (Å²) in [5.74, 6) is 0.599. The molecule has 2 aromatic rings. The lowest BCUT2D eigenvalue weighted by atomic mass is 10.00. The summed E-state index contributed by atoms with van der Waals surface area (Å²) in [4.78, 5) is 0. The van der Waals surface area contributed by atoms with Gasteiger partial charge in [0.1, 0.15) is 0 Å². The first kappa shape index (κ1) is 17.9.